The van der Waals surface area contributed by atoms with Gasteiger partial charge in [-0.3, -0.25) is 9.78 Å². The Balaban J connectivity index is 1.68. The van der Waals surface area contributed by atoms with Crippen LogP contribution in [0.2, 0.25) is 0 Å². The number of pyridine rings is 1. The molecule has 1 amide bonds. The molecular weight excluding hydrogens is 350 g/mol. The van der Waals surface area contributed by atoms with Gasteiger partial charge in [0.05, 0.1) is 17.9 Å². The van der Waals surface area contributed by atoms with E-state index in [1.54, 1.807) is 29.3 Å². The highest BCUT2D eigenvalue weighted by Gasteiger charge is 2.18. The predicted molar refractivity (Wildman–Crippen MR) is 108 cm³/mol. The normalized spacial score (nSPS) is 12.1. The fourth-order valence-electron chi connectivity index (χ4n) is 3.18. The second kappa shape index (κ2) is 7.23. The van der Waals surface area contributed by atoms with Crippen molar-refractivity contribution < 1.29 is 4.79 Å². The second-order valence-corrected chi connectivity index (χ2v) is 6.90. The van der Waals surface area contributed by atoms with Gasteiger partial charge in [0.15, 0.2) is 5.65 Å². The first-order valence-corrected chi connectivity index (χ1v) is 9.16. The fourth-order valence-corrected chi connectivity index (χ4v) is 3.18. The van der Waals surface area contributed by atoms with Crippen molar-refractivity contribution in [3.63, 3.8) is 0 Å². The third-order valence-electron chi connectivity index (χ3n) is 5.00. The number of fused-ring (bicyclic) bond motifs is 1. The van der Waals surface area contributed by atoms with Gasteiger partial charge in [-0.15, -0.1) is 0 Å². The molecule has 6 nitrogen and oxygen atoms in total. The molecule has 0 radical (unpaired) electrons. The van der Waals surface area contributed by atoms with Gasteiger partial charge in [-0.25, -0.2) is 9.50 Å². The molecule has 1 atom stereocenters. The average molecular weight is 371 g/mol. The number of amides is 1. The molecular formula is C22H21N5O. The lowest BCUT2D eigenvalue weighted by molar-refractivity contribution is 0.0941. The van der Waals surface area contributed by atoms with E-state index in [1.165, 1.54) is 11.1 Å². The lowest BCUT2D eigenvalue weighted by Gasteiger charge is -2.13. The van der Waals surface area contributed by atoms with Crippen LogP contribution in [-0.2, 0) is 0 Å². The van der Waals surface area contributed by atoms with Gasteiger partial charge in [0, 0.05) is 24.2 Å². The minimum Gasteiger partial charge on any atom is -0.345 e. The van der Waals surface area contributed by atoms with E-state index in [9.17, 15) is 4.79 Å². The highest BCUT2D eigenvalue weighted by atomic mass is 16.1. The van der Waals surface area contributed by atoms with E-state index in [0.717, 1.165) is 16.8 Å². The first-order chi connectivity index (χ1) is 13.5. The number of hydrogen-bond acceptors (Lipinski definition) is 4. The summed E-state index contributed by atoms with van der Waals surface area (Å²) in [6.07, 6.45) is 6.71. The highest BCUT2D eigenvalue weighted by Crippen LogP contribution is 2.23. The Bertz CT molecular complexity index is 1150. The quantitative estimate of drug-likeness (QED) is 0.590. The Hall–Kier alpha value is -3.54. The summed E-state index contributed by atoms with van der Waals surface area (Å²) >= 11 is 0. The molecule has 0 bridgehead atoms. The van der Waals surface area contributed by atoms with Crippen LogP contribution < -0.4 is 5.32 Å². The van der Waals surface area contributed by atoms with Gasteiger partial charge in [-0.2, -0.15) is 5.10 Å². The molecule has 4 aromatic rings. The van der Waals surface area contributed by atoms with Crippen molar-refractivity contribution in [3.8, 4) is 11.3 Å². The zero-order valence-corrected chi connectivity index (χ0v) is 16.0. The third kappa shape index (κ3) is 3.24. The molecule has 1 aromatic carbocycles. The summed E-state index contributed by atoms with van der Waals surface area (Å²) in [6, 6.07) is 11.8. The average Bonchev–Trinajstić information content (AvgIpc) is 3.15. The van der Waals surface area contributed by atoms with Gasteiger partial charge in [0.1, 0.15) is 5.56 Å². The number of aromatic nitrogens is 4. The van der Waals surface area contributed by atoms with Crippen LogP contribution in [0.5, 0.6) is 0 Å². The fraction of sp³-hybridized carbons (Fsp3) is 0.182. The van der Waals surface area contributed by atoms with Crippen LogP contribution in [0, 0.1) is 13.8 Å². The number of rotatable bonds is 4. The van der Waals surface area contributed by atoms with Crippen LogP contribution >= 0.6 is 0 Å². The number of nitrogens with zero attached hydrogens (tertiary/aromatic N) is 4. The molecule has 3 heterocycles. The summed E-state index contributed by atoms with van der Waals surface area (Å²) in [6.45, 7) is 6.11. The van der Waals surface area contributed by atoms with Crippen molar-refractivity contribution in [1.29, 1.82) is 0 Å². The number of hydrogen-bond donors (Lipinski definition) is 1. The van der Waals surface area contributed by atoms with Crippen LogP contribution in [0.15, 0.2) is 61.2 Å². The minimum atomic E-state index is -0.205. The van der Waals surface area contributed by atoms with E-state index < -0.39 is 0 Å². The van der Waals surface area contributed by atoms with Crippen molar-refractivity contribution in [2.45, 2.75) is 26.8 Å². The Kier molecular flexibility index (Phi) is 4.61. The lowest BCUT2D eigenvalue weighted by atomic mass is 10.0. The van der Waals surface area contributed by atoms with Crippen molar-refractivity contribution in [3.05, 3.63) is 83.4 Å². The van der Waals surface area contributed by atoms with Crippen LogP contribution in [0.25, 0.3) is 16.9 Å². The Labute approximate surface area is 163 Å². The molecule has 3 aromatic heterocycles. The van der Waals surface area contributed by atoms with Crippen molar-refractivity contribution in [2.24, 2.45) is 0 Å². The predicted octanol–water partition coefficient (Wildman–Crippen LogP) is 3.90. The summed E-state index contributed by atoms with van der Waals surface area (Å²) < 4.78 is 1.72. The maximum atomic E-state index is 12.8. The summed E-state index contributed by atoms with van der Waals surface area (Å²) in [5.41, 5.74) is 6.36. The van der Waals surface area contributed by atoms with Gasteiger partial charge in [-0.1, -0.05) is 12.1 Å². The molecule has 28 heavy (non-hydrogen) atoms. The van der Waals surface area contributed by atoms with Crippen LogP contribution in [0.3, 0.4) is 0 Å². The summed E-state index contributed by atoms with van der Waals surface area (Å²) in [5, 5.41) is 7.44. The molecule has 0 saturated carbocycles. The summed E-state index contributed by atoms with van der Waals surface area (Å²) in [7, 11) is 0. The SMILES string of the molecule is Cc1ccc(-c2ccnc3c(C(=O)N[C@@H](C)c4ccncc4)cnn23)cc1C. The maximum absolute atomic E-state index is 12.8. The second-order valence-electron chi connectivity index (χ2n) is 6.90. The zero-order valence-electron chi connectivity index (χ0n) is 16.0. The van der Waals surface area contributed by atoms with Gasteiger partial charge < -0.3 is 5.32 Å². The molecule has 0 aliphatic carbocycles. The first kappa shape index (κ1) is 17.9. The van der Waals surface area contributed by atoms with Crippen molar-refractivity contribution in [2.75, 3.05) is 0 Å². The zero-order chi connectivity index (χ0) is 19.7. The van der Waals surface area contributed by atoms with E-state index in [2.05, 4.69) is 52.4 Å². The minimum absolute atomic E-state index is 0.145. The summed E-state index contributed by atoms with van der Waals surface area (Å²) in [5.74, 6) is -0.205. The standard InChI is InChI=1S/C22H21N5O/c1-14-4-5-18(12-15(14)2)20-8-11-24-21-19(13-25-27(20)21)22(28)26-16(3)17-6-9-23-10-7-17/h4-13,16H,1-3H3,(H,26,28)/t16-/m0/s1. The smallest absolute Gasteiger partial charge is 0.257 e. The molecule has 1 N–H and O–H groups in total. The van der Waals surface area contributed by atoms with E-state index >= 15 is 0 Å². The lowest BCUT2D eigenvalue weighted by Crippen LogP contribution is -2.26. The Morgan fingerprint density at radius 3 is 2.57 bits per heavy atom. The molecule has 6 heteroatoms. The summed E-state index contributed by atoms with van der Waals surface area (Å²) in [4.78, 5) is 21.2. The van der Waals surface area contributed by atoms with Crippen LogP contribution in [0.4, 0.5) is 0 Å². The third-order valence-corrected chi connectivity index (χ3v) is 5.00. The molecule has 0 fully saturated rings. The van der Waals surface area contributed by atoms with Gasteiger partial charge >= 0.3 is 0 Å². The highest BCUT2D eigenvalue weighted by molar-refractivity contribution is 6.00. The monoisotopic (exact) mass is 371 g/mol. The molecule has 0 spiro atoms. The van der Waals surface area contributed by atoms with Crippen LogP contribution in [0.1, 0.15) is 40.0 Å². The number of carbonyl (C=O) groups is 1. The van der Waals surface area contributed by atoms with E-state index in [4.69, 9.17) is 0 Å². The van der Waals surface area contributed by atoms with E-state index in [-0.39, 0.29) is 11.9 Å². The molecule has 140 valence electrons. The van der Waals surface area contributed by atoms with Crippen molar-refractivity contribution >= 4 is 11.6 Å². The largest absolute Gasteiger partial charge is 0.345 e. The van der Waals surface area contributed by atoms with Gasteiger partial charge in [0.2, 0.25) is 0 Å². The maximum Gasteiger partial charge on any atom is 0.257 e. The molecule has 4 rings (SSSR count). The molecule has 0 aliphatic rings. The Morgan fingerprint density at radius 1 is 1.04 bits per heavy atom. The number of aryl methyl sites for hydroxylation is 2. The van der Waals surface area contributed by atoms with Gasteiger partial charge in [0.25, 0.3) is 5.91 Å². The number of benzene rings is 1. The van der Waals surface area contributed by atoms with Crippen molar-refractivity contribution in [1.82, 2.24) is 24.9 Å². The first-order valence-electron chi connectivity index (χ1n) is 9.16. The van der Waals surface area contributed by atoms with E-state index in [1.807, 2.05) is 25.1 Å². The number of carbonyl (C=O) groups excluding carboxylic acids is 1. The molecule has 0 saturated heterocycles. The number of nitrogens with one attached hydrogen (secondary N) is 1. The topological polar surface area (TPSA) is 72.2 Å². The van der Waals surface area contributed by atoms with Crippen LogP contribution in [-0.4, -0.2) is 25.5 Å². The Morgan fingerprint density at radius 2 is 1.82 bits per heavy atom. The molecule has 0 aliphatic heterocycles. The molecule has 0 unspecified atom stereocenters. The van der Waals surface area contributed by atoms with Gasteiger partial charge in [-0.05, 0) is 61.7 Å². The van der Waals surface area contributed by atoms with E-state index in [0.29, 0.717) is 11.2 Å².